The fourth-order valence-corrected chi connectivity index (χ4v) is 3.69. The van der Waals surface area contributed by atoms with Gasteiger partial charge < -0.3 is 5.32 Å². The van der Waals surface area contributed by atoms with Crippen molar-refractivity contribution in [1.29, 1.82) is 0 Å². The van der Waals surface area contributed by atoms with Crippen molar-refractivity contribution >= 4 is 34.2 Å². The highest BCUT2D eigenvalue weighted by Crippen LogP contribution is 2.29. The fourth-order valence-electron chi connectivity index (χ4n) is 3.34. The van der Waals surface area contributed by atoms with Crippen molar-refractivity contribution in [3.63, 3.8) is 0 Å². The number of carbonyl (C=O) groups is 1. The molecule has 0 aliphatic rings. The van der Waals surface area contributed by atoms with Gasteiger partial charge in [-0.2, -0.15) is 5.10 Å². The Morgan fingerprint density at radius 1 is 1.13 bits per heavy atom. The van der Waals surface area contributed by atoms with E-state index in [1.54, 1.807) is 10.9 Å². The molecule has 4 rings (SSSR count). The number of aryl methyl sites for hydroxylation is 1. The Labute approximate surface area is 179 Å². The molecule has 1 aromatic carbocycles. The normalized spacial score (nSPS) is 11.2. The van der Waals surface area contributed by atoms with Crippen molar-refractivity contribution in [3.05, 3.63) is 82.4 Å². The Kier molecular flexibility index (Phi) is 5.50. The highest BCUT2D eigenvalue weighted by molar-refractivity contribution is 6.39. The Bertz CT molecular complexity index is 1200. The van der Waals surface area contributed by atoms with Crippen LogP contribution in [0.4, 0.5) is 5.69 Å². The molecule has 1 N–H and O–H groups in total. The van der Waals surface area contributed by atoms with E-state index in [-0.39, 0.29) is 5.91 Å². The van der Waals surface area contributed by atoms with E-state index in [1.807, 2.05) is 49.4 Å². The molecule has 152 valence electrons. The van der Waals surface area contributed by atoms with Crippen LogP contribution in [0.25, 0.3) is 11.0 Å². The van der Waals surface area contributed by atoms with Gasteiger partial charge in [-0.3, -0.25) is 9.78 Å². The van der Waals surface area contributed by atoms with Crippen LogP contribution in [-0.4, -0.2) is 25.7 Å². The van der Waals surface area contributed by atoms with Gasteiger partial charge in [-0.25, -0.2) is 9.67 Å². The number of nitrogens with zero attached hydrogens (tertiary/aromatic N) is 4. The molecule has 0 unspecified atom stereocenters. The first-order valence-electron chi connectivity index (χ1n) is 9.77. The topological polar surface area (TPSA) is 72.7 Å². The number of hydrogen-bond acceptors (Lipinski definition) is 4. The van der Waals surface area contributed by atoms with E-state index in [0.717, 1.165) is 11.4 Å². The summed E-state index contributed by atoms with van der Waals surface area (Å²) in [5.74, 6) is 0.130. The number of aromatic nitrogens is 4. The Morgan fingerprint density at radius 3 is 2.57 bits per heavy atom. The molecule has 7 heteroatoms. The molecular formula is C23H22ClN5O. The van der Waals surface area contributed by atoms with E-state index < -0.39 is 0 Å². The maximum Gasteiger partial charge on any atom is 0.258 e. The highest BCUT2D eigenvalue weighted by atomic mass is 35.5. The van der Waals surface area contributed by atoms with Crippen LogP contribution in [0.1, 0.15) is 47.1 Å². The minimum atomic E-state index is -0.302. The number of anilines is 1. The SMILES string of the molecule is Cc1nn(Cc2ccccn2)c2ncc(C(=O)Nc3ccc(C(C)C)cc3)c(Cl)c12. The molecule has 0 bridgehead atoms. The third-order valence-corrected chi connectivity index (χ3v) is 5.38. The molecule has 30 heavy (non-hydrogen) atoms. The molecule has 3 heterocycles. The molecule has 0 radical (unpaired) electrons. The van der Waals surface area contributed by atoms with Gasteiger partial charge in [0.2, 0.25) is 0 Å². The van der Waals surface area contributed by atoms with Crippen molar-refractivity contribution in [3.8, 4) is 0 Å². The summed E-state index contributed by atoms with van der Waals surface area (Å²) in [6.45, 7) is 6.59. The van der Waals surface area contributed by atoms with Gasteiger partial charge >= 0.3 is 0 Å². The van der Waals surface area contributed by atoms with Gasteiger partial charge in [-0.1, -0.05) is 43.6 Å². The predicted molar refractivity (Wildman–Crippen MR) is 119 cm³/mol. The molecule has 0 atom stereocenters. The summed E-state index contributed by atoms with van der Waals surface area (Å²) in [5.41, 5.74) is 4.45. The fraction of sp³-hybridized carbons (Fsp3) is 0.217. The van der Waals surface area contributed by atoms with Crippen LogP contribution in [-0.2, 0) is 6.54 Å². The summed E-state index contributed by atoms with van der Waals surface area (Å²) in [6.07, 6.45) is 3.24. The Balaban J connectivity index is 1.63. The number of nitrogens with one attached hydrogen (secondary N) is 1. The van der Waals surface area contributed by atoms with Crippen LogP contribution in [0.3, 0.4) is 0 Å². The number of halogens is 1. The number of hydrogen-bond donors (Lipinski definition) is 1. The van der Waals surface area contributed by atoms with Gasteiger partial charge in [0.15, 0.2) is 5.65 Å². The molecule has 0 saturated carbocycles. The number of amides is 1. The predicted octanol–water partition coefficient (Wildman–Crippen LogP) is 5.21. The van der Waals surface area contributed by atoms with E-state index in [0.29, 0.717) is 39.8 Å². The molecule has 0 aliphatic carbocycles. The van der Waals surface area contributed by atoms with Crippen molar-refractivity contribution in [2.45, 2.75) is 33.2 Å². The van der Waals surface area contributed by atoms with Crippen molar-refractivity contribution < 1.29 is 4.79 Å². The summed E-state index contributed by atoms with van der Waals surface area (Å²) in [5, 5.41) is 8.47. The zero-order chi connectivity index (χ0) is 21.3. The van der Waals surface area contributed by atoms with Crippen LogP contribution >= 0.6 is 11.6 Å². The van der Waals surface area contributed by atoms with Gasteiger partial charge in [0.1, 0.15) is 0 Å². The van der Waals surface area contributed by atoms with E-state index in [1.165, 1.54) is 11.8 Å². The molecule has 6 nitrogen and oxygen atoms in total. The van der Waals surface area contributed by atoms with Crippen LogP contribution in [0, 0.1) is 6.92 Å². The minimum Gasteiger partial charge on any atom is -0.322 e. The molecule has 4 aromatic rings. The standard InChI is InChI=1S/C23H22ClN5O/c1-14(2)16-7-9-17(10-8-16)27-23(30)19-12-26-22-20(21(19)24)15(3)28-29(22)13-18-6-4-5-11-25-18/h4-12,14H,13H2,1-3H3,(H,27,30). The smallest absolute Gasteiger partial charge is 0.258 e. The molecule has 0 spiro atoms. The van der Waals surface area contributed by atoms with Crippen LogP contribution in [0.5, 0.6) is 0 Å². The number of rotatable bonds is 5. The third kappa shape index (κ3) is 3.91. The second-order valence-corrected chi connectivity index (χ2v) is 7.86. The lowest BCUT2D eigenvalue weighted by molar-refractivity contribution is 0.102. The average molecular weight is 420 g/mol. The number of benzene rings is 1. The first kappa shape index (κ1) is 20.0. The molecule has 1 amide bonds. The molecule has 0 fully saturated rings. The molecule has 0 saturated heterocycles. The zero-order valence-corrected chi connectivity index (χ0v) is 17.8. The van der Waals surface area contributed by atoms with E-state index in [9.17, 15) is 4.79 Å². The molecule has 3 aromatic heterocycles. The van der Waals surface area contributed by atoms with E-state index >= 15 is 0 Å². The lowest BCUT2D eigenvalue weighted by atomic mass is 10.0. The minimum absolute atomic E-state index is 0.302. The van der Waals surface area contributed by atoms with Crippen LogP contribution < -0.4 is 5.32 Å². The maximum absolute atomic E-state index is 12.8. The van der Waals surface area contributed by atoms with Gasteiger partial charge in [0.25, 0.3) is 5.91 Å². The van der Waals surface area contributed by atoms with Gasteiger partial charge in [0, 0.05) is 18.1 Å². The summed E-state index contributed by atoms with van der Waals surface area (Å²) >= 11 is 6.62. The lowest BCUT2D eigenvalue weighted by Gasteiger charge is -2.10. The first-order valence-corrected chi connectivity index (χ1v) is 10.1. The maximum atomic E-state index is 12.8. The second kappa shape index (κ2) is 8.24. The number of carbonyl (C=O) groups excluding carboxylic acids is 1. The third-order valence-electron chi connectivity index (χ3n) is 4.99. The Morgan fingerprint density at radius 2 is 1.90 bits per heavy atom. The summed E-state index contributed by atoms with van der Waals surface area (Å²) in [7, 11) is 0. The van der Waals surface area contributed by atoms with E-state index in [2.05, 4.69) is 34.2 Å². The van der Waals surface area contributed by atoms with Gasteiger partial charge in [-0.05, 0) is 42.7 Å². The van der Waals surface area contributed by atoms with E-state index in [4.69, 9.17) is 11.6 Å². The van der Waals surface area contributed by atoms with Crippen molar-refractivity contribution in [1.82, 2.24) is 19.7 Å². The largest absolute Gasteiger partial charge is 0.322 e. The van der Waals surface area contributed by atoms with Crippen LogP contribution in [0.15, 0.2) is 54.9 Å². The first-order chi connectivity index (χ1) is 14.4. The number of pyridine rings is 2. The van der Waals surface area contributed by atoms with Crippen molar-refractivity contribution in [2.24, 2.45) is 0 Å². The zero-order valence-electron chi connectivity index (χ0n) is 17.1. The molecule has 0 aliphatic heterocycles. The highest BCUT2D eigenvalue weighted by Gasteiger charge is 2.20. The lowest BCUT2D eigenvalue weighted by Crippen LogP contribution is -2.13. The van der Waals surface area contributed by atoms with Gasteiger partial charge in [0.05, 0.1) is 33.9 Å². The van der Waals surface area contributed by atoms with Crippen LogP contribution in [0.2, 0.25) is 5.02 Å². The van der Waals surface area contributed by atoms with Crippen molar-refractivity contribution in [2.75, 3.05) is 5.32 Å². The summed E-state index contributed by atoms with van der Waals surface area (Å²) < 4.78 is 1.76. The summed E-state index contributed by atoms with van der Waals surface area (Å²) in [4.78, 5) is 21.7. The monoisotopic (exact) mass is 419 g/mol. The van der Waals surface area contributed by atoms with Gasteiger partial charge in [-0.15, -0.1) is 0 Å². The Hall–Kier alpha value is -3.25. The summed E-state index contributed by atoms with van der Waals surface area (Å²) in [6, 6.07) is 13.5. The molecular weight excluding hydrogens is 398 g/mol. The number of fused-ring (bicyclic) bond motifs is 1. The second-order valence-electron chi connectivity index (χ2n) is 7.48. The average Bonchev–Trinajstić information content (AvgIpc) is 3.05. The quantitative estimate of drug-likeness (QED) is 0.481.